The van der Waals surface area contributed by atoms with Crippen molar-refractivity contribution >= 4 is 45.3 Å². The first-order valence-corrected chi connectivity index (χ1v) is 7.30. The van der Waals surface area contributed by atoms with E-state index in [9.17, 15) is 0 Å². The monoisotopic (exact) mass is 358 g/mol. The van der Waals surface area contributed by atoms with Crippen molar-refractivity contribution in [3.63, 3.8) is 0 Å². The molecular weight excluding hydrogens is 343 g/mol. The van der Waals surface area contributed by atoms with E-state index in [-0.39, 0.29) is 0 Å². The molecule has 4 heteroatoms. The van der Waals surface area contributed by atoms with E-state index >= 15 is 0 Å². The van der Waals surface area contributed by atoms with E-state index in [1.54, 1.807) is 0 Å². The third-order valence-electron chi connectivity index (χ3n) is 2.66. The molecule has 1 aromatic carbocycles. The van der Waals surface area contributed by atoms with Gasteiger partial charge in [0.15, 0.2) is 0 Å². The molecule has 2 nitrogen and oxygen atoms in total. The van der Waals surface area contributed by atoms with Crippen LogP contribution in [0.15, 0.2) is 24.3 Å². The lowest BCUT2D eigenvalue weighted by Gasteiger charge is -2.07. The second-order valence-electron chi connectivity index (χ2n) is 4.04. The Labute approximate surface area is 119 Å². The van der Waals surface area contributed by atoms with Crippen LogP contribution in [0.5, 0.6) is 0 Å². The fraction of sp³-hybridized carbons (Fsp3) is 0.231. The number of nitrogens with one attached hydrogen (secondary N) is 1. The third-order valence-corrected chi connectivity index (χ3v) is 4.71. The second-order valence-corrected chi connectivity index (χ2v) is 6.55. The van der Waals surface area contributed by atoms with Gasteiger partial charge in [-0.3, -0.25) is 0 Å². The summed E-state index contributed by atoms with van der Waals surface area (Å²) in [6.45, 7) is 5.19. The van der Waals surface area contributed by atoms with Crippen LogP contribution >= 0.6 is 33.9 Å². The SMILES string of the molecule is Cc1cc(CNc2ccc(N)cc2I)sc1C. The quantitative estimate of drug-likeness (QED) is 0.639. The Balaban J connectivity index is 2.07. The molecule has 0 unspecified atom stereocenters. The summed E-state index contributed by atoms with van der Waals surface area (Å²) in [7, 11) is 0. The van der Waals surface area contributed by atoms with E-state index in [1.807, 2.05) is 29.5 Å². The average Bonchev–Trinajstić information content (AvgIpc) is 2.57. The Morgan fingerprint density at radius 2 is 2.06 bits per heavy atom. The molecule has 1 heterocycles. The van der Waals surface area contributed by atoms with Gasteiger partial charge in [-0.25, -0.2) is 0 Å². The zero-order valence-corrected chi connectivity index (χ0v) is 12.9. The van der Waals surface area contributed by atoms with Gasteiger partial charge < -0.3 is 11.1 Å². The van der Waals surface area contributed by atoms with Gasteiger partial charge in [-0.2, -0.15) is 0 Å². The van der Waals surface area contributed by atoms with Crippen LogP contribution in [0.3, 0.4) is 0 Å². The molecule has 0 bridgehead atoms. The van der Waals surface area contributed by atoms with Crippen LogP contribution < -0.4 is 11.1 Å². The molecule has 0 saturated heterocycles. The predicted octanol–water partition coefficient (Wildman–Crippen LogP) is 4.16. The summed E-state index contributed by atoms with van der Waals surface area (Å²) >= 11 is 4.15. The molecule has 17 heavy (non-hydrogen) atoms. The van der Waals surface area contributed by atoms with Crippen LogP contribution in [0.4, 0.5) is 11.4 Å². The summed E-state index contributed by atoms with van der Waals surface area (Å²) in [4.78, 5) is 2.77. The van der Waals surface area contributed by atoms with Crippen LogP contribution in [0.25, 0.3) is 0 Å². The van der Waals surface area contributed by atoms with Gasteiger partial charge in [-0.05, 0) is 66.3 Å². The number of nitrogens with two attached hydrogens (primary N) is 1. The van der Waals surface area contributed by atoms with Crippen LogP contribution in [0.1, 0.15) is 15.3 Å². The van der Waals surface area contributed by atoms with Crippen molar-refractivity contribution < 1.29 is 0 Å². The lowest BCUT2D eigenvalue weighted by molar-refractivity contribution is 1.18. The van der Waals surface area contributed by atoms with E-state index in [4.69, 9.17) is 5.73 Å². The molecule has 3 N–H and O–H groups in total. The summed E-state index contributed by atoms with van der Waals surface area (Å²) in [6.07, 6.45) is 0. The second kappa shape index (κ2) is 5.27. The lowest BCUT2D eigenvalue weighted by atomic mass is 10.2. The molecule has 0 radical (unpaired) electrons. The third kappa shape index (κ3) is 3.13. The highest BCUT2D eigenvalue weighted by atomic mass is 127. The summed E-state index contributed by atoms with van der Waals surface area (Å²) in [5.74, 6) is 0. The minimum atomic E-state index is 0.808. The van der Waals surface area contributed by atoms with Crippen molar-refractivity contribution in [2.75, 3.05) is 11.1 Å². The van der Waals surface area contributed by atoms with Crippen LogP contribution in [0, 0.1) is 17.4 Å². The standard InChI is InChI=1S/C13H15IN2S/c1-8-5-11(17-9(8)2)7-16-13-4-3-10(15)6-12(13)14/h3-6,16H,7,15H2,1-2H3. The van der Waals surface area contributed by atoms with Crippen molar-refractivity contribution in [1.29, 1.82) is 0 Å². The summed E-state index contributed by atoms with van der Waals surface area (Å²) < 4.78 is 1.16. The predicted molar refractivity (Wildman–Crippen MR) is 84.7 cm³/mol. The van der Waals surface area contributed by atoms with Crippen molar-refractivity contribution in [2.45, 2.75) is 20.4 Å². The van der Waals surface area contributed by atoms with Gasteiger partial charge in [0.1, 0.15) is 0 Å². The first kappa shape index (κ1) is 12.7. The van der Waals surface area contributed by atoms with E-state index < -0.39 is 0 Å². The van der Waals surface area contributed by atoms with Crippen molar-refractivity contribution in [1.82, 2.24) is 0 Å². The fourth-order valence-corrected chi connectivity index (χ4v) is 3.32. The number of aryl methyl sites for hydroxylation is 2. The van der Waals surface area contributed by atoms with Gasteiger partial charge in [-0.15, -0.1) is 11.3 Å². The Hall–Kier alpha value is -0.750. The summed E-state index contributed by atoms with van der Waals surface area (Å²) in [5.41, 5.74) is 9.05. The molecule has 2 aromatic rings. The fourth-order valence-electron chi connectivity index (χ4n) is 1.59. The van der Waals surface area contributed by atoms with Crippen molar-refractivity contribution in [3.8, 4) is 0 Å². The number of nitrogen functional groups attached to an aromatic ring is 1. The van der Waals surface area contributed by atoms with Gasteiger partial charge in [0.05, 0.1) is 0 Å². The minimum Gasteiger partial charge on any atom is -0.399 e. The molecule has 90 valence electrons. The topological polar surface area (TPSA) is 38.0 Å². The first-order chi connectivity index (χ1) is 8.06. The number of hydrogen-bond acceptors (Lipinski definition) is 3. The van der Waals surface area contributed by atoms with E-state index in [0.717, 1.165) is 21.5 Å². The molecule has 0 aliphatic carbocycles. The van der Waals surface area contributed by atoms with Gasteiger partial charge >= 0.3 is 0 Å². The molecule has 0 saturated carbocycles. The van der Waals surface area contributed by atoms with E-state index in [0.29, 0.717) is 0 Å². The molecule has 1 aromatic heterocycles. The smallest absolute Gasteiger partial charge is 0.0494 e. The maximum atomic E-state index is 5.73. The number of halogens is 1. The Bertz CT molecular complexity index is 515. The van der Waals surface area contributed by atoms with Crippen LogP contribution in [-0.2, 0) is 6.54 Å². The molecule has 0 fully saturated rings. The van der Waals surface area contributed by atoms with Crippen LogP contribution in [-0.4, -0.2) is 0 Å². The average molecular weight is 358 g/mol. The molecule has 0 amide bonds. The van der Waals surface area contributed by atoms with E-state index in [1.165, 1.54) is 15.3 Å². The first-order valence-electron chi connectivity index (χ1n) is 5.41. The number of anilines is 2. The lowest BCUT2D eigenvalue weighted by Crippen LogP contribution is -2.00. The number of rotatable bonds is 3. The van der Waals surface area contributed by atoms with Crippen molar-refractivity contribution in [3.05, 3.63) is 43.2 Å². The highest BCUT2D eigenvalue weighted by Gasteiger charge is 2.03. The summed E-state index contributed by atoms with van der Waals surface area (Å²) in [5, 5.41) is 3.44. The Morgan fingerprint density at radius 3 is 2.65 bits per heavy atom. The van der Waals surface area contributed by atoms with Crippen LogP contribution in [0.2, 0.25) is 0 Å². The number of hydrogen-bond donors (Lipinski definition) is 2. The van der Waals surface area contributed by atoms with Gasteiger partial charge in [0.25, 0.3) is 0 Å². The number of thiophene rings is 1. The van der Waals surface area contributed by atoms with Gasteiger partial charge in [-0.1, -0.05) is 0 Å². The van der Waals surface area contributed by atoms with Gasteiger partial charge in [0.2, 0.25) is 0 Å². The largest absolute Gasteiger partial charge is 0.399 e. The van der Waals surface area contributed by atoms with E-state index in [2.05, 4.69) is 47.8 Å². The molecule has 0 spiro atoms. The molecule has 0 aliphatic rings. The number of benzene rings is 1. The zero-order valence-electron chi connectivity index (χ0n) is 9.88. The molecule has 0 atom stereocenters. The molecule has 0 aliphatic heterocycles. The highest BCUT2D eigenvalue weighted by molar-refractivity contribution is 14.1. The normalized spacial score (nSPS) is 10.5. The molecular formula is C13H15IN2S. The maximum absolute atomic E-state index is 5.73. The van der Waals surface area contributed by atoms with Crippen molar-refractivity contribution in [2.24, 2.45) is 0 Å². The zero-order chi connectivity index (χ0) is 12.4. The van der Waals surface area contributed by atoms with Gasteiger partial charge in [0, 0.05) is 31.2 Å². The maximum Gasteiger partial charge on any atom is 0.0494 e. The Morgan fingerprint density at radius 1 is 1.29 bits per heavy atom. The summed E-state index contributed by atoms with van der Waals surface area (Å²) in [6, 6.07) is 8.19. The Kier molecular flexibility index (Phi) is 3.93. The minimum absolute atomic E-state index is 0.808. The highest BCUT2D eigenvalue weighted by Crippen LogP contribution is 2.24. The molecule has 2 rings (SSSR count).